The molecule has 3 amide bonds. The van der Waals surface area contributed by atoms with E-state index in [1.54, 1.807) is 0 Å². The second-order valence-corrected chi connectivity index (χ2v) is 22.4. The van der Waals surface area contributed by atoms with E-state index in [-0.39, 0.29) is 22.8 Å². The Morgan fingerprint density at radius 3 is 2.06 bits per heavy atom. The zero-order valence-corrected chi connectivity index (χ0v) is 36.0. The van der Waals surface area contributed by atoms with Crippen LogP contribution in [0.1, 0.15) is 98.6 Å². The molecule has 5 atom stereocenters. The number of alkyl carbamates (subject to hydrolysis) is 1. The zero-order valence-electron chi connectivity index (χ0n) is 35.0. The number of nitrogens with one attached hydrogen (secondary N) is 3. The van der Waals surface area contributed by atoms with Gasteiger partial charge in [0.05, 0.1) is 12.1 Å². The molecule has 300 valence electrons. The lowest BCUT2D eigenvalue weighted by atomic mass is 9.89. The molecular weight excluding hydrogens is 693 g/mol. The van der Waals surface area contributed by atoms with E-state index in [0.29, 0.717) is 38.4 Å². The molecule has 3 rings (SSSR count). The molecule has 0 aromatic heterocycles. The molecule has 1 aliphatic heterocycles. The maximum absolute atomic E-state index is 14.7. The molecular formula is C44H70N4O5Si. The summed E-state index contributed by atoms with van der Waals surface area (Å²) in [6, 6.07) is 19.3. The maximum atomic E-state index is 14.7. The van der Waals surface area contributed by atoms with Crippen molar-refractivity contribution in [3.05, 3.63) is 77.9 Å². The van der Waals surface area contributed by atoms with Crippen molar-refractivity contribution in [2.24, 2.45) is 11.8 Å². The molecule has 3 N–H and O–H groups in total. The number of hydrogen-bond acceptors (Lipinski definition) is 6. The van der Waals surface area contributed by atoms with Crippen molar-refractivity contribution in [1.82, 2.24) is 20.9 Å². The van der Waals surface area contributed by atoms with E-state index in [1.165, 1.54) is 0 Å². The first-order valence-corrected chi connectivity index (χ1v) is 22.9. The number of benzene rings is 2. The van der Waals surface area contributed by atoms with Gasteiger partial charge in [-0.1, -0.05) is 114 Å². The number of nitrogens with zero attached hydrogens (tertiary/aromatic N) is 1. The van der Waals surface area contributed by atoms with Crippen LogP contribution in [0.15, 0.2) is 66.7 Å². The van der Waals surface area contributed by atoms with Crippen LogP contribution in [0.5, 0.6) is 0 Å². The van der Waals surface area contributed by atoms with Crippen LogP contribution in [-0.2, 0) is 25.2 Å². The van der Waals surface area contributed by atoms with Gasteiger partial charge in [0.25, 0.3) is 0 Å². The largest absolute Gasteiger partial charge is 0.444 e. The summed E-state index contributed by atoms with van der Waals surface area (Å²) in [5.74, 6) is -0.805. The van der Waals surface area contributed by atoms with Gasteiger partial charge in [0.1, 0.15) is 11.6 Å². The van der Waals surface area contributed by atoms with Crippen molar-refractivity contribution in [1.29, 1.82) is 0 Å². The molecule has 1 aliphatic rings. The number of carbonyl (C=O) groups excluding carboxylic acids is 3. The van der Waals surface area contributed by atoms with Gasteiger partial charge in [-0.05, 0) is 95.1 Å². The van der Waals surface area contributed by atoms with Gasteiger partial charge < -0.3 is 30.0 Å². The SMILES string of the molecule is CC[C@H](C)[C@H](NC(=O)[C@H](CC=Cc1ccccc1)C[C@H](O[Si](C)(C)C(C)(C)C)[C@H](Cc1ccccc1)NC(=O)OC(C)(C)C)C(=O)N1CCC(NC)CC1. The van der Waals surface area contributed by atoms with Crippen LogP contribution in [0.2, 0.25) is 18.1 Å². The van der Waals surface area contributed by atoms with Crippen molar-refractivity contribution in [3.63, 3.8) is 0 Å². The Balaban J connectivity index is 2.06. The van der Waals surface area contributed by atoms with Crippen LogP contribution in [0, 0.1) is 11.8 Å². The van der Waals surface area contributed by atoms with Gasteiger partial charge in [-0.3, -0.25) is 9.59 Å². The van der Waals surface area contributed by atoms with Gasteiger partial charge in [-0.2, -0.15) is 0 Å². The quantitative estimate of drug-likeness (QED) is 0.140. The van der Waals surface area contributed by atoms with Gasteiger partial charge >= 0.3 is 6.09 Å². The number of ether oxygens (including phenoxy) is 1. The third-order valence-electron chi connectivity index (χ3n) is 11.1. The predicted molar refractivity (Wildman–Crippen MR) is 224 cm³/mol. The number of rotatable bonds is 17. The number of likely N-dealkylation sites (tertiary alicyclic amines) is 1. The summed E-state index contributed by atoms with van der Waals surface area (Å²) in [6.45, 7) is 21.9. The van der Waals surface area contributed by atoms with E-state index in [1.807, 2.05) is 112 Å². The Morgan fingerprint density at radius 2 is 1.52 bits per heavy atom. The second-order valence-electron chi connectivity index (χ2n) is 17.6. The summed E-state index contributed by atoms with van der Waals surface area (Å²) in [4.78, 5) is 44.2. The van der Waals surface area contributed by atoms with E-state index in [0.717, 1.165) is 30.4 Å². The Hall–Kier alpha value is -3.47. The van der Waals surface area contributed by atoms with Crippen LogP contribution in [0.25, 0.3) is 6.08 Å². The average Bonchev–Trinajstić information content (AvgIpc) is 3.11. The molecule has 0 saturated carbocycles. The average molecular weight is 763 g/mol. The number of hydrogen-bond donors (Lipinski definition) is 3. The van der Waals surface area contributed by atoms with Crippen molar-refractivity contribution < 1.29 is 23.5 Å². The molecule has 2 aromatic carbocycles. The summed E-state index contributed by atoms with van der Waals surface area (Å²) in [5.41, 5.74) is 1.38. The lowest BCUT2D eigenvalue weighted by Crippen LogP contribution is -2.56. The number of carbonyl (C=O) groups is 3. The number of piperidine rings is 1. The smallest absolute Gasteiger partial charge is 0.407 e. The molecule has 2 aromatic rings. The van der Waals surface area contributed by atoms with Gasteiger partial charge in [-0.15, -0.1) is 0 Å². The molecule has 0 spiro atoms. The monoisotopic (exact) mass is 763 g/mol. The summed E-state index contributed by atoms with van der Waals surface area (Å²) < 4.78 is 13.0. The van der Waals surface area contributed by atoms with Crippen LogP contribution in [0.3, 0.4) is 0 Å². The molecule has 0 bridgehead atoms. The number of amides is 3. The van der Waals surface area contributed by atoms with E-state index >= 15 is 0 Å². The summed E-state index contributed by atoms with van der Waals surface area (Å²) in [5, 5.41) is 9.65. The van der Waals surface area contributed by atoms with Crippen LogP contribution in [0.4, 0.5) is 4.79 Å². The van der Waals surface area contributed by atoms with Crippen molar-refractivity contribution >= 4 is 32.3 Å². The van der Waals surface area contributed by atoms with E-state index in [9.17, 15) is 14.4 Å². The normalized spacial score (nSPS) is 17.4. The highest BCUT2D eigenvalue weighted by Gasteiger charge is 2.43. The van der Waals surface area contributed by atoms with Crippen molar-refractivity contribution in [2.45, 2.75) is 142 Å². The van der Waals surface area contributed by atoms with Crippen molar-refractivity contribution in [2.75, 3.05) is 20.1 Å². The summed E-state index contributed by atoms with van der Waals surface area (Å²) >= 11 is 0. The highest BCUT2D eigenvalue weighted by molar-refractivity contribution is 6.74. The van der Waals surface area contributed by atoms with E-state index in [2.05, 4.69) is 56.7 Å². The standard InChI is InChI=1S/C44H70N4O5Si/c1-12-32(2)39(41(50)48-28-26-36(45-9)27-29-48)47-40(49)35(25-19-24-33-20-15-13-16-21-33)31-38(53-54(10,11)44(6,7)8)37(30-34-22-17-14-18-23-34)46-42(51)52-43(3,4)5/h13-24,32,35-39,45H,12,25-31H2,1-11H3,(H,46,51)(H,47,49)/t32-,35+,37-,38-,39-/m0/s1. The zero-order chi connectivity index (χ0) is 40.1. The van der Waals surface area contributed by atoms with Crippen LogP contribution < -0.4 is 16.0 Å². The lowest BCUT2D eigenvalue weighted by molar-refractivity contribution is -0.140. The highest BCUT2D eigenvalue weighted by atomic mass is 28.4. The van der Waals surface area contributed by atoms with Gasteiger partial charge in [0.15, 0.2) is 8.32 Å². The fourth-order valence-electron chi connectivity index (χ4n) is 6.51. The number of allylic oxidation sites excluding steroid dienone is 1. The van der Waals surface area contributed by atoms with Crippen LogP contribution in [-0.4, -0.2) is 81.1 Å². The molecule has 9 nitrogen and oxygen atoms in total. The molecule has 1 fully saturated rings. The maximum Gasteiger partial charge on any atom is 0.407 e. The van der Waals surface area contributed by atoms with Crippen molar-refractivity contribution in [3.8, 4) is 0 Å². The minimum absolute atomic E-state index is 0.0200. The molecule has 0 aliphatic carbocycles. The Bertz CT molecular complexity index is 1480. The van der Waals surface area contributed by atoms with E-state index in [4.69, 9.17) is 9.16 Å². The predicted octanol–water partition coefficient (Wildman–Crippen LogP) is 8.36. The topological polar surface area (TPSA) is 109 Å². The first-order chi connectivity index (χ1) is 25.3. The molecule has 10 heteroatoms. The molecule has 0 radical (unpaired) electrons. The summed E-state index contributed by atoms with van der Waals surface area (Å²) in [6.07, 6.45) is 6.79. The molecule has 1 saturated heterocycles. The molecule has 0 unspecified atom stereocenters. The minimum atomic E-state index is -2.44. The lowest BCUT2D eigenvalue weighted by Gasteiger charge is -2.42. The van der Waals surface area contributed by atoms with Gasteiger partial charge in [-0.25, -0.2) is 4.79 Å². The Morgan fingerprint density at radius 1 is 0.926 bits per heavy atom. The fraction of sp³-hybridized carbons (Fsp3) is 0.614. The molecule has 54 heavy (non-hydrogen) atoms. The second kappa shape index (κ2) is 20.4. The summed E-state index contributed by atoms with van der Waals surface area (Å²) in [7, 11) is -0.480. The third-order valence-corrected chi connectivity index (χ3v) is 15.6. The fourth-order valence-corrected chi connectivity index (χ4v) is 7.89. The van der Waals surface area contributed by atoms with E-state index < -0.39 is 44.1 Å². The first kappa shape index (κ1) is 44.9. The molecule has 1 heterocycles. The van der Waals surface area contributed by atoms with Gasteiger partial charge in [0.2, 0.25) is 11.8 Å². The van der Waals surface area contributed by atoms with Gasteiger partial charge in [0, 0.05) is 25.0 Å². The first-order valence-electron chi connectivity index (χ1n) is 20.0. The highest BCUT2D eigenvalue weighted by Crippen LogP contribution is 2.39. The minimum Gasteiger partial charge on any atom is -0.444 e. The Labute approximate surface area is 327 Å². The third kappa shape index (κ3) is 14.3. The Kier molecular flexibility index (Phi) is 17.0. The van der Waals surface area contributed by atoms with Crippen LogP contribution >= 0.6 is 0 Å².